The molecule has 0 fully saturated rings. The highest BCUT2D eigenvalue weighted by atomic mass is 16.5. The Labute approximate surface area is 78.1 Å². The van der Waals surface area contributed by atoms with Crippen LogP contribution in [0.5, 0.6) is 11.5 Å². The van der Waals surface area contributed by atoms with E-state index >= 15 is 0 Å². The van der Waals surface area contributed by atoms with E-state index in [-0.39, 0.29) is 0 Å². The summed E-state index contributed by atoms with van der Waals surface area (Å²) < 4.78 is 10.2. The largest absolute Gasteiger partial charge is 0.497 e. The van der Waals surface area contributed by atoms with Crippen molar-refractivity contribution in [2.24, 2.45) is 0 Å². The topological polar surface area (TPSA) is 18.5 Å². The maximum Gasteiger partial charge on any atom is 0.126 e. The Morgan fingerprint density at radius 3 is 2.62 bits per heavy atom. The van der Waals surface area contributed by atoms with E-state index < -0.39 is 0 Å². The summed E-state index contributed by atoms with van der Waals surface area (Å²) in [5.74, 6) is 1.58. The minimum atomic E-state index is 0.789. The Morgan fingerprint density at radius 1 is 1.31 bits per heavy atom. The van der Waals surface area contributed by atoms with Crippen molar-refractivity contribution in [3.8, 4) is 11.5 Å². The molecule has 0 spiro atoms. The van der Waals surface area contributed by atoms with E-state index in [1.165, 1.54) is 0 Å². The molecule has 0 aromatic heterocycles. The molecule has 0 aliphatic heterocycles. The summed E-state index contributed by atoms with van der Waals surface area (Å²) in [7, 11) is 3.26. The van der Waals surface area contributed by atoms with Crippen LogP contribution < -0.4 is 9.47 Å². The zero-order valence-electron chi connectivity index (χ0n) is 7.83. The average molecular weight is 176 g/mol. The lowest BCUT2D eigenvalue weighted by molar-refractivity contribution is 0.402. The molecule has 2 nitrogen and oxygen atoms in total. The minimum absolute atomic E-state index is 0.789. The van der Waals surface area contributed by atoms with Crippen molar-refractivity contribution in [2.75, 3.05) is 14.2 Å². The third-order valence-electron chi connectivity index (χ3n) is 1.69. The fraction of sp³-hybridized carbons (Fsp3) is 0.182. The molecule has 1 aromatic carbocycles. The van der Waals surface area contributed by atoms with Crippen LogP contribution in [-0.4, -0.2) is 14.2 Å². The third-order valence-corrected chi connectivity index (χ3v) is 1.69. The summed E-state index contributed by atoms with van der Waals surface area (Å²) in [6.45, 7) is 3.51. The monoisotopic (exact) mass is 176 g/mol. The number of rotatable bonds is 3. The molecule has 0 aliphatic carbocycles. The number of hydrogen-bond donors (Lipinski definition) is 0. The average Bonchev–Trinajstić information content (AvgIpc) is 2.18. The molecular formula is C11H12O2. The van der Waals surface area contributed by atoms with Gasteiger partial charge in [0, 0.05) is 5.56 Å². The molecule has 0 amide bonds. The predicted molar refractivity (Wildman–Crippen MR) is 53.2 cm³/mol. The van der Waals surface area contributed by atoms with Crippen molar-refractivity contribution < 1.29 is 9.47 Å². The highest BCUT2D eigenvalue weighted by molar-refractivity contribution is 5.59. The van der Waals surface area contributed by atoms with Crippen molar-refractivity contribution in [1.82, 2.24) is 0 Å². The van der Waals surface area contributed by atoms with Crippen LogP contribution in [-0.2, 0) is 0 Å². The van der Waals surface area contributed by atoms with Gasteiger partial charge < -0.3 is 9.47 Å². The van der Waals surface area contributed by atoms with Gasteiger partial charge in [-0.15, -0.1) is 5.73 Å². The van der Waals surface area contributed by atoms with Gasteiger partial charge in [0.25, 0.3) is 0 Å². The summed E-state index contributed by atoms with van der Waals surface area (Å²) in [5.41, 5.74) is 3.61. The molecule has 0 heterocycles. The van der Waals surface area contributed by atoms with Gasteiger partial charge >= 0.3 is 0 Å². The smallest absolute Gasteiger partial charge is 0.126 e. The summed E-state index contributed by atoms with van der Waals surface area (Å²) in [6.07, 6.45) is 1.75. The summed E-state index contributed by atoms with van der Waals surface area (Å²) in [5, 5.41) is 0. The molecule has 0 N–H and O–H groups in total. The first-order chi connectivity index (χ1) is 6.31. The van der Waals surface area contributed by atoms with Crippen molar-refractivity contribution in [1.29, 1.82) is 0 Å². The first-order valence-corrected chi connectivity index (χ1v) is 3.89. The van der Waals surface area contributed by atoms with E-state index in [1.54, 1.807) is 20.3 Å². The van der Waals surface area contributed by atoms with Crippen LogP contribution in [0.1, 0.15) is 5.56 Å². The first-order valence-electron chi connectivity index (χ1n) is 3.89. The summed E-state index contributed by atoms with van der Waals surface area (Å²) in [4.78, 5) is 0. The van der Waals surface area contributed by atoms with E-state index in [0.29, 0.717) is 0 Å². The lowest BCUT2D eigenvalue weighted by Gasteiger charge is -2.06. The minimum Gasteiger partial charge on any atom is -0.497 e. The molecule has 68 valence electrons. The Morgan fingerprint density at radius 2 is 2.08 bits per heavy atom. The van der Waals surface area contributed by atoms with Crippen molar-refractivity contribution >= 4 is 6.08 Å². The Bertz CT molecular complexity index is 336. The van der Waals surface area contributed by atoms with Crippen LogP contribution in [0.15, 0.2) is 30.5 Å². The molecule has 0 unspecified atom stereocenters. The van der Waals surface area contributed by atoms with Gasteiger partial charge in [-0.3, -0.25) is 0 Å². The normalized spacial score (nSPS) is 8.77. The molecule has 0 aliphatic rings. The molecule has 1 aromatic rings. The fourth-order valence-corrected chi connectivity index (χ4v) is 1.06. The highest BCUT2D eigenvalue weighted by Gasteiger charge is 2.00. The second kappa shape index (κ2) is 4.39. The Kier molecular flexibility index (Phi) is 3.18. The van der Waals surface area contributed by atoms with Crippen molar-refractivity contribution in [2.45, 2.75) is 0 Å². The number of benzene rings is 1. The zero-order chi connectivity index (χ0) is 9.68. The van der Waals surface area contributed by atoms with Crippen LogP contribution >= 0.6 is 0 Å². The van der Waals surface area contributed by atoms with E-state index in [0.717, 1.165) is 17.1 Å². The van der Waals surface area contributed by atoms with Crippen LogP contribution in [0.25, 0.3) is 6.08 Å². The fourth-order valence-electron chi connectivity index (χ4n) is 1.06. The lowest BCUT2D eigenvalue weighted by Crippen LogP contribution is -1.88. The van der Waals surface area contributed by atoms with E-state index in [9.17, 15) is 0 Å². The van der Waals surface area contributed by atoms with Crippen molar-refractivity contribution in [3.05, 3.63) is 36.1 Å². The maximum atomic E-state index is 5.14. The second-order valence-electron chi connectivity index (χ2n) is 2.46. The molecule has 2 heteroatoms. The molecule has 0 atom stereocenters. The third kappa shape index (κ3) is 2.14. The zero-order valence-corrected chi connectivity index (χ0v) is 7.83. The van der Waals surface area contributed by atoms with Gasteiger partial charge in [-0.1, -0.05) is 6.58 Å². The van der Waals surface area contributed by atoms with Gasteiger partial charge in [-0.05, 0) is 24.3 Å². The number of ether oxygens (including phenoxy) is 2. The molecule has 13 heavy (non-hydrogen) atoms. The van der Waals surface area contributed by atoms with Gasteiger partial charge in [0.15, 0.2) is 0 Å². The van der Waals surface area contributed by atoms with E-state index in [4.69, 9.17) is 9.47 Å². The second-order valence-corrected chi connectivity index (χ2v) is 2.46. The van der Waals surface area contributed by atoms with Crippen molar-refractivity contribution in [3.63, 3.8) is 0 Å². The molecule has 0 bridgehead atoms. The van der Waals surface area contributed by atoms with Crippen LogP contribution in [0.2, 0.25) is 0 Å². The van der Waals surface area contributed by atoms with Crippen LogP contribution in [0, 0.1) is 0 Å². The highest BCUT2D eigenvalue weighted by Crippen LogP contribution is 2.24. The van der Waals surface area contributed by atoms with E-state index in [1.807, 2.05) is 18.2 Å². The first kappa shape index (κ1) is 9.43. The van der Waals surface area contributed by atoms with E-state index in [2.05, 4.69) is 12.3 Å². The lowest BCUT2D eigenvalue weighted by atomic mass is 10.2. The van der Waals surface area contributed by atoms with Crippen LogP contribution in [0.4, 0.5) is 0 Å². The molecule has 1 rings (SSSR count). The molecule has 0 saturated carbocycles. The van der Waals surface area contributed by atoms with Gasteiger partial charge in [0.05, 0.1) is 14.2 Å². The quantitative estimate of drug-likeness (QED) is 0.659. The van der Waals surface area contributed by atoms with Gasteiger partial charge in [0.2, 0.25) is 0 Å². The Balaban J connectivity index is 3.17. The summed E-state index contributed by atoms with van der Waals surface area (Å²) in [6, 6.07) is 5.57. The van der Waals surface area contributed by atoms with Gasteiger partial charge in [-0.2, -0.15) is 0 Å². The van der Waals surface area contributed by atoms with Gasteiger partial charge in [-0.25, -0.2) is 0 Å². The van der Waals surface area contributed by atoms with Gasteiger partial charge in [0.1, 0.15) is 11.5 Å². The van der Waals surface area contributed by atoms with Crippen LogP contribution in [0.3, 0.4) is 0 Å². The predicted octanol–water partition coefficient (Wildman–Crippen LogP) is 2.50. The SMILES string of the molecule is C=C=Cc1cc(OC)ccc1OC. The standard InChI is InChI=1S/C11H12O2/c1-4-5-9-8-10(12-2)6-7-11(9)13-3/h5-8H,1H2,2-3H3. The summed E-state index contributed by atoms with van der Waals surface area (Å²) >= 11 is 0. The number of methoxy groups -OCH3 is 2. The maximum absolute atomic E-state index is 5.14. The molecule has 0 radical (unpaired) electrons. The number of hydrogen-bond acceptors (Lipinski definition) is 2. The Hall–Kier alpha value is -1.66. The molecular weight excluding hydrogens is 164 g/mol. The molecule has 0 saturated heterocycles.